The fraction of sp³-hybridized carbons (Fsp3) is 0.714. The summed E-state index contributed by atoms with van der Waals surface area (Å²) in [6.07, 6.45) is 1.04. The second-order valence-corrected chi connectivity index (χ2v) is 2.07. The van der Waals surface area contributed by atoms with Crippen molar-refractivity contribution in [3.8, 4) is 0 Å². The maximum absolute atomic E-state index is 4.20. The van der Waals surface area contributed by atoms with E-state index < -0.39 is 0 Å². The van der Waals surface area contributed by atoms with E-state index >= 15 is 0 Å². The van der Waals surface area contributed by atoms with Gasteiger partial charge in [0.1, 0.15) is 0 Å². The van der Waals surface area contributed by atoms with Crippen LogP contribution in [0.3, 0.4) is 0 Å². The van der Waals surface area contributed by atoms with Crippen LogP contribution < -0.4 is 0 Å². The summed E-state index contributed by atoms with van der Waals surface area (Å²) in [5.41, 5.74) is 1.19. The fourth-order valence-corrected chi connectivity index (χ4v) is 0.468. The zero-order chi connectivity index (χ0) is 6.57. The van der Waals surface area contributed by atoms with E-state index in [4.69, 9.17) is 0 Å². The monoisotopic (exact) mass is 112 g/mol. The lowest BCUT2D eigenvalue weighted by Crippen LogP contribution is -1.95. The van der Waals surface area contributed by atoms with Crippen LogP contribution in [0.25, 0.3) is 0 Å². The Hall–Kier alpha value is -0.330. The Balaban J connectivity index is 3.56. The van der Waals surface area contributed by atoms with Gasteiger partial charge in [-0.05, 0) is 27.2 Å². The molecule has 0 aromatic carbocycles. The van der Waals surface area contributed by atoms with Gasteiger partial charge < -0.3 is 0 Å². The van der Waals surface area contributed by atoms with E-state index in [1.54, 1.807) is 0 Å². The van der Waals surface area contributed by atoms with Gasteiger partial charge in [-0.2, -0.15) is 0 Å². The van der Waals surface area contributed by atoms with Crippen molar-refractivity contribution in [3.05, 3.63) is 6.92 Å². The molecule has 0 saturated carbocycles. The van der Waals surface area contributed by atoms with Gasteiger partial charge in [0.25, 0.3) is 0 Å². The van der Waals surface area contributed by atoms with Gasteiger partial charge in [0.05, 0.1) is 0 Å². The van der Waals surface area contributed by atoms with Gasteiger partial charge in [-0.1, -0.05) is 6.92 Å². The van der Waals surface area contributed by atoms with Crippen molar-refractivity contribution in [2.24, 2.45) is 4.99 Å². The third-order valence-corrected chi connectivity index (χ3v) is 0.952. The lowest BCUT2D eigenvalue weighted by Gasteiger charge is -1.97. The molecule has 0 heterocycles. The van der Waals surface area contributed by atoms with E-state index in [0.29, 0.717) is 0 Å². The average Bonchev–Trinajstić information content (AvgIpc) is 1.65. The predicted octanol–water partition coefficient (Wildman–Crippen LogP) is 2.08. The summed E-state index contributed by atoms with van der Waals surface area (Å²) in [4.78, 5) is 4.20. The van der Waals surface area contributed by atoms with Crippen LogP contribution >= 0.6 is 0 Å². The Kier molecular flexibility index (Phi) is 3.49. The van der Waals surface area contributed by atoms with E-state index in [-0.39, 0.29) is 6.04 Å². The smallest absolute Gasteiger partial charge is 0.0471 e. The quantitative estimate of drug-likeness (QED) is 0.485. The molecule has 0 bridgehead atoms. The summed E-state index contributed by atoms with van der Waals surface area (Å²) < 4.78 is 0. The largest absolute Gasteiger partial charge is 0.291 e. The molecule has 47 valence electrons. The van der Waals surface area contributed by atoms with Crippen molar-refractivity contribution in [2.75, 3.05) is 0 Å². The Bertz CT molecular complexity index is 82.4. The molecule has 8 heavy (non-hydrogen) atoms. The van der Waals surface area contributed by atoms with Crippen molar-refractivity contribution in [1.29, 1.82) is 0 Å². The topological polar surface area (TPSA) is 12.4 Å². The zero-order valence-corrected chi connectivity index (χ0v) is 5.94. The highest BCUT2D eigenvalue weighted by Gasteiger charge is 1.87. The van der Waals surface area contributed by atoms with Crippen LogP contribution in [-0.4, -0.2) is 11.8 Å². The van der Waals surface area contributed by atoms with E-state index in [0.717, 1.165) is 6.42 Å². The first kappa shape index (κ1) is 7.67. The van der Waals surface area contributed by atoms with Crippen LogP contribution in [0, 0.1) is 6.92 Å². The predicted molar refractivity (Wildman–Crippen MR) is 38.2 cm³/mol. The van der Waals surface area contributed by atoms with Crippen molar-refractivity contribution in [1.82, 2.24) is 0 Å². The summed E-state index contributed by atoms with van der Waals surface area (Å²) in [6, 6.07) is 0.218. The molecule has 0 aliphatic heterocycles. The van der Waals surface area contributed by atoms with Gasteiger partial charge in [0, 0.05) is 11.8 Å². The van der Waals surface area contributed by atoms with Gasteiger partial charge in [0.15, 0.2) is 0 Å². The average molecular weight is 112 g/mol. The molecule has 0 aromatic rings. The molecular weight excluding hydrogens is 98.1 g/mol. The summed E-state index contributed by atoms with van der Waals surface area (Å²) in [7, 11) is 0. The summed E-state index contributed by atoms with van der Waals surface area (Å²) in [5, 5.41) is 0. The molecule has 0 spiro atoms. The van der Waals surface area contributed by atoms with Gasteiger partial charge in [-0.3, -0.25) is 4.99 Å². The molecule has 1 nitrogen and oxygen atoms in total. The molecule has 1 atom stereocenters. The fourth-order valence-electron chi connectivity index (χ4n) is 0.468. The summed E-state index contributed by atoms with van der Waals surface area (Å²) in [5.74, 6) is 0. The zero-order valence-electron chi connectivity index (χ0n) is 5.94. The third kappa shape index (κ3) is 3.85. The van der Waals surface area contributed by atoms with Crippen molar-refractivity contribution in [3.63, 3.8) is 0 Å². The highest BCUT2D eigenvalue weighted by atomic mass is 14.8. The maximum atomic E-state index is 4.20. The van der Waals surface area contributed by atoms with Gasteiger partial charge in [0.2, 0.25) is 0 Å². The number of nitrogens with zero attached hydrogens (tertiary/aromatic N) is 1. The molecule has 1 radical (unpaired) electrons. The highest BCUT2D eigenvalue weighted by Crippen LogP contribution is 1.89. The molecule has 0 aliphatic rings. The van der Waals surface area contributed by atoms with Crippen LogP contribution in [0.1, 0.15) is 27.2 Å². The Morgan fingerprint density at radius 2 is 2.25 bits per heavy atom. The number of aliphatic imine (C=N–C) groups is 1. The molecule has 1 unspecified atom stereocenters. The minimum atomic E-state index is 0.218. The Morgan fingerprint density at radius 3 is 2.38 bits per heavy atom. The summed E-state index contributed by atoms with van der Waals surface area (Å²) in [6.45, 7) is 9.85. The molecule has 0 saturated heterocycles. The summed E-state index contributed by atoms with van der Waals surface area (Å²) >= 11 is 0. The molecule has 0 aliphatic carbocycles. The van der Waals surface area contributed by atoms with E-state index in [1.807, 2.05) is 13.8 Å². The lowest BCUT2D eigenvalue weighted by molar-refractivity contribution is 0.912. The van der Waals surface area contributed by atoms with E-state index in [9.17, 15) is 0 Å². The Morgan fingerprint density at radius 1 is 1.75 bits per heavy atom. The first-order valence-electron chi connectivity index (χ1n) is 3.03. The van der Waals surface area contributed by atoms with E-state index in [2.05, 4.69) is 18.8 Å². The standard InChI is InChI=1S/C7H14N/c1-5-7(4)8-6(2)3/h6H,2,5H2,1,3-4H3. The molecule has 0 rings (SSSR count). The lowest BCUT2D eigenvalue weighted by atomic mass is 10.3. The van der Waals surface area contributed by atoms with Gasteiger partial charge >= 0.3 is 0 Å². The Labute approximate surface area is 51.8 Å². The highest BCUT2D eigenvalue weighted by molar-refractivity contribution is 5.81. The van der Waals surface area contributed by atoms with Crippen LogP contribution in [0.5, 0.6) is 0 Å². The van der Waals surface area contributed by atoms with Gasteiger partial charge in [-0.25, -0.2) is 0 Å². The normalized spacial score (nSPS) is 12.9. The SMILES string of the molecule is [CH2]C(C)N=C(C)CC. The number of hydrogen-bond acceptors (Lipinski definition) is 1. The third-order valence-electron chi connectivity index (χ3n) is 0.952. The van der Waals surface area contributed by atoms with Crippen molar-refractivity contribution < 1.29 is 0 Å². The second-order valence-electron chi connectivity index (χ2n) is 2.07. The van der Waals surface area contributed by atoms with E-state index in [1.165, 1.54) is 5.71 Å². The molecule has 0 fully saturated rings. The minimum absolute atomic E-state index is 0.218. The number of rotatable bonds is 2. The molecule has 0 aromatic heterocycles. The van der Waals surface area contributed by atoms with Crippen LogP contribution in [-0.2, 0) is 0 Å². The van der Waals surface area contributed by atoms with Crippen molar-refractivity contribution in [2.45, 2.75) is 33.2 Å². The molecule has 0 amide bonds. The van der Waals surface area contributed by atoms with Crippen LogP contribution in [0.15, 0.2) is 4.99 Å². The first-order valence-corrected chi connectivity index (χ1v) is 3.03. The minimum Gasteiger partial charge on any atom is -0.291 e. The van der Waals surface area contributed by atoms with Gasteiger partial charge in [-0.15, -0.1) is 0 Å². The number of hydrogen-bond donors (Lipinski definition) is 0. The molecular formula is C7H14N. The first-order chi connectivity index (χ1) is 3.66. The maximum Gasteiger partial charge on any atom is 0.0471 e. The molecule has 1 heteroatoms. The second kappa shape index (κ2) is 3.65. The molecule has 0 N–H and O–H groups in total. The van der Waals surface area contributed by atoms with Crippen LogP contribution in [0.2, 0.25) is 0 Å². The van der Waals surface area contributed by atoms with Crippen molar-refractivity contribution >= 4 is 5.71 Å². The van der Waals surface area contributed by atoms with Crippen LogP contribution in [0.4, 0.5) is 0 Å².